The first-order chi connectivity index (χ1) is 13.0. The van der Waals surface area contributed by atoms with E-state index in [1.807, 2.05) is 86.6 Å². The number of benzene rings is 2. The molecule has 3 rings (SSSR count). The van der Waals surface area contributed by atoms with E-state index in [1.165, 1.54) is 11.8 Å². The van der Waals surface area contributed by atoms with Gasteiger partial charge in [0, 0.05) is 36.7 Å². The fourth-order valence-corrected chi connectivity index (χ4v) is 3.24. The van der Waals surface area contributed by atoms with Crippen LogP contribution in [-0.4, -0.2) is 35.7 Å². The molecule has 0 saturated heterocycles. The molecule has 1 heterocycles. The fourth-order valence-electron chi connectivity index (χ4n) is 2.53. The number of hydrogen-bond acceptors (Lipinski definition) is 5. The lowest BCUT2D eigenvalue weighted by molar-refractivity contribution is -0.113. The summed E-state index contributed by atoms with van der Waals surface area (Å²) in [6.07, 6.45) is 0. The topological polar surface area (TPSA) is 58.1 Å². The molecule has 0 saturated carbocycles. The molecule has 0 fully saturated rings. The monoisotopic (exact) mass is 378 g/mol. The van der Waals surface area contributed by atoms with E-state index in [-0.39, 0.29) is 11.7 Å². The third-order valence-corrected chi connectivity index (χ3v) is 4.75. The van der Waals surface area contributed by atoms with Gasteiger partial charge in [0.2, 0.25) is 5.91 Å². The van der Waals surface area contributed by atoms with E-state index in [0.717, 1.165) is 28.3 Å². The van der Waals surface area contributed by atoms with Crippen molar-refractivity contribution >= 4 is 29.0 Å². The second-order valence-electron chi connectivity index (χ2n) is 6.32. The quantitative estimate of drug-likeness (QED) is 0.513. The standard InChI is InChI=1S/C21H22N4OS/c1-15-13-19(16-7-5-4-6-8-16)24-21(22-15)27-14-20(26)23-17-9-11-18(12-10-17)25(2)3/h4-13H,14H2,1-3H3,(H,23,26). The highest BCUT2D eigenvalue weighted by molar-refractivity contribution is 7.99. The average molecular weight is 379 g/mol. The number of thioether (sulfide) groups is 1. The Kier molecular flexibility index (Phi) is 6.08. The van der Waals surface area contributed by atoms with E-state index < -0.39 is 0 Å². The van der Waals surface area contributed by atoms with Crippen molar-refractivity contribution in [1.29, 1.82) is 0 Å². The summed E-state index contributed by atoms with van der Waals surface area (Å²) >= 11 is 1.34. The van der Waals surface area contributed by atoms with Crippen molar-refractivity contribution in [3.8, 4) is 11.3 Å². The fraction of sp³-hybridized carbons (Fsp3) is 0.190. The van der Waals surface area contributed by atoms with E-state index in [0.29, 0.717) is 5.16 Å². The van der Waals surface area contributed by atoms with Gasteiger partial charge in [-0.25, -0.2) is 9.97 Å². The van der Waals surface area contributed by atoms with Crippen molar-refractivity contribution in [1.82, 2.24) is 9.97 Å². The van der Waals surface area contributed by atoms with Crippen LogP contribution >= 0.6 is 11.8 Å². The van der Waals surface area contributed by atoms with Crippen LogP contribution < -0.4 is 10.2 Å². The first-order valence-corrected chi connectivity index (χ1v) is 9.61. The van der Waals surface area contributed by atoms with Gasteiger partial charge in [0.25, 0.3) is 0 Å². The van der Waals surface area contributed by atoms with Crippen LogP contribution in [0.3, 0.4) is 0 Å². The highest BCUT2D eigenvalue weighted by Gasteiger charge is 2.09. The van der Waals surface area contributed by atoms with Gasteiger partial charge in [-0.15, -0.1) is 0 Å². The Morgan fingerprint density at radius 3 is 2.41 bits per heavy atom. The molecule has 3 aromatic rings. The van der Waals surface area contributed by atoms with Crippen LogP contribution in [-0.2, 0) is 4.79 Å². The highest BCUT2D eigenvalue weighted by Crippen LogP contribution is 2.22. The Morgan fingerprint density at radius 1 is 1.04 bits per heavy atom. The van der Waals surface area contributed by atoms with Crippen LogP contribution in [0.1, 0.15) is 5.69 Å². The zero-order valence-corrected chi connectivity index (χ0v) is 16.5. The zero-order valence-electron chi connectivity index (χ0n) is 15.6. The first kappa shape index (κ1) is 18.9. The number of amides is 1. The lowest BCUT2D eigenvalue weighted by Crippen LogP contribution is -2.14. The van der Waals surface area contributed by atoms with Crippen LogP contribution in [0, 0.1) is 6.92 Å². The lowest BCUT2D eigenvalue weighted by Gasteiger charge is -2.13. The minimum atomic E-state index is -0.0797. The van der Waals surface area contributed by atoms with Crippen molar-refractivity contribution < 1.29 is 4.79 Å². The number of hydrogen-bond donors (Lipinski definition) is 1. The molecule has 1 aromatic heterocycles. The summed E-state index contributed by atoms with van der Waals surface area (Å²) in [4.78, 5) is 23.3. The summed E-state index contributed by atoms with van der Waals surface area (Å²) in [6, 6.07) is 19.7. The Hall–Kier alpha value is -2.86. The molecule has 27 heavy (non-hydrogen) atoms. The molecule has 138 valence electrons. The zero-order chi connectivity index (χ0) is 19.2. The molecule has 0 radical (unpaired) electrons. The molecule has 6 heteroatoms. The van der Waals surface area contributed by atoms with Crippen LogP contribution in [0.5, 0.6) is 0 Å². The maximum atomic E-state index is 12.2. The average Bonchev–Trinajstić information content (AvgIpc) is 2.67. The summed E-state index contributed by atoms with van der Waals surface area (Å²) in [7, 11) is 3.96. The van der Waals surface area contributed by atoms with Gasteiger partial charge in [0.05, 0.1) is 11.4 Å². The second-order valence-corrected chi connectivity index (χ2v) is 7.26. The van der Waals surface area contributed by atoms with Gasteiger partial charge < -0.3 is 10.2 Å². The van der Waals surface area contributed by atoms with Crippen LogP contribution in [0.2, 0.25) is 0 Å². The summed E-state index contributed by atoms with van der Waals surface area (Å²) < 4.78 is 0. The van der Waals surface area contributed by atoms with E-state index in [9.17, 15) is 4.79 Å². The molecule has 2 aromatic carbocycles. The number of nitrogens with zero attached hydrogens (tertiary/aromatic N) is 3. The molecular formula is C21H22N4OS. The van der Waals surface area contributed by atoms with Crippen molar-refractivity contribution in [3.63, 3.8) is 0 Å². The van der Waals surface area contributed by atoms with Crippen molar-refractivity contribution in [2.24, 2.45) is 0 Å². The number of carbonyl (C=O) groups excluding carboxylic acids is 1. The smallest absolute Gasteiger partial charge is 0.234 e. The van der Waals surface area contributed by atoms with Gasteiger partial charge in [-0.2, -0.15) is 0 Å². The SMILES string of the molecule is Cc1cc(-c2ccccc2)nc(SCC(=O)Nc2ccc(N(C)C)cc2)n1. The van der Waals surface area contributed by atoms with Gasteiger partial charge in [-0.05, 0) is 37.3 Å². The van der Waals surface area contributed by atoms with Gasteiger partial charge >= 0.3 is 0 Å². The Morgan fingerprint density at radius 2 is 1.74 bits per heavy atom. The van der Waals surface area contributed by atoms with Crippen molar-refractivity contribution in [3.05, 3.63) is 66.4 Å². The molecule has 0 atom stereocenters. The van der Waals surface area contributed by atoms with Crippen LogP contribution in [0.25, 0.3) is 11.3 Å². The lowest BCUT2D eigenvalue weighted by atomic mass is 10.1. The highest BCUT2D eigenvalue weighted by atomic mass is 32.2. The molecule has 0 aliphatic rings. The summed E-state index contributed by atoms with van der Waals surface area (Å²) in [5.74, 6) is 0.177. The molecule has 0 spiro atoms. The van der Waals surface area contributed by atoms with E-state index in [4.69, 9.17) is 0 Å². The minimum Gasteiger partial charge on any atom is -0.378 e. The van der Waals surface area contributed by atoms with Gasteiger partial charge in [0.1, 0.15) is 0 Å². The first-order valence-electron chi connectivity index (χ1n) is 8.62. The number of carbonyl (C=O) groups is 1. The Labute approximate surface area is 163 Å². The van der Waals surface area contributed by atoms with Crippen LogP contribution in [0.15, 0.2) is 65.8 Å². The van der Waals surface area contributed by atoms with Crippen molar-refractivity contribution in [2.45, 2.75) is 12.1 Å². The van der Waals surface area contributed by atoms with E-state index >= 15 is 0 Å². The molecule has 1 amide bonds. The predicted molar refractivity (Wildman–Crippen MR) is 112 cm³/mol. The number of anilines is 2. The molecule has 0 unspecified atom stereocenters. The molecule has 0 bridgehead atoms. The number of aromatic nitrogens is 2. The molecular weight excluding hydrogens is 356 g/mol. The van der Waals surface area contributed by atoms with Gasteiger partial charge in [0.15, 0.2) is 5.16 Å². The molecule has 0 aliphatic heterocycles. The minimum absolute atomic E-state index is 0.0797. The normalized spacial score (nSPS) is 10.5. The Balaban J connectivity index is 1.62. The Bertz CT molecular complexity index is 911. The number of rotatable bonds is 6. The van der Waals surface area contributed by atoms with Gasteiger partial charge in [-0.3, -0.25) is 4.79 Å². The summed E-state index contributed by atoms with van der Waals surface area (Å²) in [5, 5.41) is 3.51. The second kappa shape index (κ2) is 8.68. The van der Waals surface area contributed by atoms with E-state index in [1.54, 1.807) is 0 Å². The molecule has 5 nitrogen and oxygen atoms in total. The molecule has 0 aliphatic carbocycles. The largest absolute Gasteiger partial charge is 0.378 e. The molecule has 1 N–H and O–H groups in total. The maximum absolute atomic E-state index is 12.2. The number of aryl methyl sites for hydroxylation is 1. The van der Waals surface area contributed by atoms with Gasteiger partial charge in [-0.1, -0.05) is 42.1 Å². The van der Waals surface area contributed by atoms with E-state index in [2.05, 4.69) is 15.3 Å². The predicted octanol–water partition coefficient (Wildman–Crippen LogP) is 4.25. The summed E-state index contributed by atoms with van der Waals surface area (Å²) in [5.41, 5.74) is 4.65. The third kappa shape index (κ3) is 5.31. The maximum Gasteiger partial charge on any atom is 0.234 e. The summed E-state index contributed by atoms with van der Waals surface area (Å²) in [6.45, 7) is 1.94. The van der Waals surface area contributed by atoms with Crippen LogP contribution in [0.4, 0.5) is 11.4 Å². The van der Waals surface area contributed by atoms with Crippen molar-refractivity contribution in [2.75, 3.05) is 30.1 Å². The third-order valence-electron chi connectivity index (χ3n) is 3.90. The number of nitrogens with one attached hydrogen (secondary N) is 1.